The van der Waals surface area contributed by atoms with Crippen molar-refractivity contribution in [1.82, 2.24) is 5.32 Å². The highest BCUT2D eigenvalue weighted by Crippen LogP contribution is 2.32. The number of alkyl halides is 3. The first-order valence-electron chi connectivity index (χ1n) is 10.9. The van der Waals surface area contributed by atoms with Gasteiger partial charge in [0.2, 0.25) is 5.60 Å². The molecule has 0 bridgehead atoms. The number of halogens is 4. The average molecular weight is 535 g/mol. The lowest BCUT2D eigenvalue weighted by Gasteiger charge is -2.25. The molecule has 3 rings (SSSR count). The lowest BCUT2D eigenvalue weighted by Crippen LogP contribution is -2.52. The van der Waals surface area contributed by atoms with Gasteiger partial charge >= 0.3 is 12.1 Å². The highest BCUT2D eigenvalue weighted by atomic mass is 35.5. The first-order valence-corrected chi connectivity index (χ1v) is 11.3. The number of hydrogen-bond acceptors (Lipinski definition) is 4. The van der Waals surface area contributed by atoms with Gasteiger partial charge in [-0.05, 0) is 41.8 Å². The number of aliphatic carboxylic acids is 1. The topological polar surface area (TPSA) is 116 Å². The Bertz CT molecular complexity index is 1300. The summed E-state index contributed by atoms with van der Waals surface area (Å²) >= 11 is 6.00. The van der Waals surface area contributed by atoms with Gasteiger partial charge in [0.15, 0.2) is 0 Å². The first kappa shape index (κ1) is 27.7. The van der Waals surface area contributed by atoms with Crippen LogP contribution in [0.1, 0.15) is 22.8 Å². The van der Waals surface area contributed by atoms with Gasteiger partial charge in [-0.2, -0.15) is 13.2 Å². The maximum absolute atomic E-state index is 12.9. The van der Waals surface area contributed by atoms with Crippen LogP contribution in [0.15, 0.2) is 72.8 Å². The molecule has 11 heteroatoms. The van der Waals surface area contributed by atoms with Crippen LogP contribution in [-0.4, -0.2) is 45.8 Å². The Morgan fingerprint density at radius 1 is 0.946 bits per heavy atom. The van der Waals surface area contributed by atoms with E-state index in [4.69, 9.17) is 11.6 Å². The van der Waals surface area contributed by atoms with Crippen LogP contribution in [0.4, 0.5) is 18.9 Å². The summed E-state index contributed by atoms with van der Waals surface area (Å²) in [6.07, 6.45) is -5.23. The van der Waals surface area contributed by atoms with E-state index in [2.05, 4.69) is 5.32 Å². The maximum atomic E-state index is 12.9. The minimum absolute atomic E-state index is 0.00938. The second-order valence-electron chi connectivity index (χ2n) is 8.35. The summed E-state index contributed by atoms with van der Waals surface area (Å²) in [6.45, 7) is 0.291. The Morgan fingerprint density at radius 3 is 2.08 bits per heavy atom. The molecule has 0 aliphatic rings. The summed E-state index contributed by atoms with van der Waals surface area (Å²) in [5.74, 6) is -3.83. The highest BCUT2D eigenvalue weighted by molar-refractivity contribution is 6.34. The predicted molar refractivity (Wildman–Crippen MR) is 131 cm³/mol. The van der Waals surface area contributed by atoms with E-state index in [1.165, 1.54) is 0 Å². The van der Waals surface area contributed by atoms with Crippen LogP contribution in [0.2, 0.25) is 5.02 Å². The van der Waals surface area contributed by atoms with Crippen molar-refractivity contribution in [3.8, 4) is 11.1 Å². The Morgan fingerprint density at radius 2 is 1.54 bits per heavy atom. The fraction of sp³-hybridized carbons (Fsp3) is 0.192. The van der Waals surface area contributed by atoms with Crippen LogP contribution in [0.3, 0.4) is 0 Å². The van der Waals surface area contributed by atoms with E-state index < -0.39 is 35.6 Å². The smallest absolute Gasteiger partial charge is 0.426 e. The number of hydrogen-bond donors (Lipinski definition) is 4. The molecule has 3 aromatic rings. The van der Waals surface area contributed by atoms with Crippen molar-refractivity contribution < 1.29 is 37.8 Å². The molecule has 194 valence electrons. The molecule has 0 aliphatic heterocycles. The third-order valence-corrected chi connectivity index (χ3v) is 5.89. The van der Waals surface area contributed by atoms with Crippen molar-refractivity contribution in [2.45, 2.75) is 31.2 Å². The number of carbonyl (C=O) groups excluding carboxylic acids is 2. The number of amides is 2. The minimum atomic E-state index is -5.23. The van der Waals surface area contributed by atoms with Gasteiger partial charge in [-0.3, -0.25) is 9.59 Å². The number of carboxylic acid groups (broad SMARTS) is 1. The average Bonchev–Trinajstić information content (AvgIpc) is 2.84. The van der Waals surface area contributed by atoms with Crippen molar-refractivity contribution in [3.63, 3.8) is 0 Å². The summed E-state index contributed by atoms with van der Waals surface area (Å²) in [6, 6.07) is 18.8. The van der Waals surface area contributed by atoms with Crippen LogP contribution in [0.5, 0.6) is 0 Å². The third kappa shape index (κ3) is 6.66. The Kier molecular flexibility index (Phi) is 8.25. The zero-order valence-corrected chi connectivity index (χ0v) is 20.1. The summed E-state index contributed by atoms with van der Waals surface area (Å²) < 4.78 is 38.6. The van der Waals surface area contributed by atoms with Crippen LogP contribution >= 0.6 is 11.6 Å². The maximum Gasteiger partial charge on any atom is 0.426 e. The van der Waals surface area contributed by atoms with E-state index >= 15 is 0 Å². The number of rotatable bonds is 8. The zero-order chi connectivity index (χ0) is 27.4. The lowest BCUT2D eigenvalue weighted by molar-refractivity contribution is -0.242. The van der Waals surface area contributed by atoms with Crippen molar-refractivity contribution in [2.75, 3.05) is 5.32 Å². The van der Waals surface area contributed by atoms with E-state index in [9.17, 15) is 37.8 Å². The number of nitrogens with one attached hydrogen (secondary N) is 2. The van der Waals surface area contributed by atoms with E-state index in [1.54, 1.807) is 12.1 Å². The largest absolute Gasteiger partial charge is 0.480 e. The zero-order valence-electron chi connectivity index (χ0n) is 19.3. The van der Waals surface area contributed by atoms with Crippen LogP contribution in [-0.2, 0) is 16.0 Å². The quantitative estimate of drug-likeness (QED) is 0.335. The molecule has 7 nitrogen and oxygen atoms in total. The molecule has 0 fully saturated rings. The predicted octanol–water partition coefficient (Wildman–Crippen LogP) is 4.68. The minimum Gasteiger partial charge on any atom is -0.480 e. The van der Waals surface area contributed by atoms with E-state index in [0.717, 1.165) is 29.3 Å². The molecule has 0 saturated carbocycles. The number of carboxylic acids is 1. The van der Waals surface area contributed by atoms with Gasteiger partial charge in [0.05, 0.1) is 10.7 Å². The molecule has 0 heterocycles. The van der Waals surface area contributed by atoms with Gasteiger partial charge in [-0.15, -0.1) is 0 Å². The molecule has 0 aliphatic carbocycles. The van der Waals surface area contributed by atoms with Crippen LogP contribution < -0.4 is 10.6 Å². The highest BCUT2D eigenvalue weighted by Gasteiger charge is 2.55. The number of anilines is 1. The van der Waals surface area contributed by atoms with Gasteiger partial charge in [0.25, 0.3) is 11.8 Å². The summed E-state index contributed by atoms with van der Waals surface area (Å²) in [7, 11) is 0. The normalized spacial score (nSPS) is 13.8. The molecule has 3 aromatic carbocycles. The fourth-order valence-electron chi connectivity index (χ4n) is 3.27. The van der Waals surface area contributed by atoms with Crippen molar-refractivity contribution in [1.29, 1.82) is 0 Å². The van der Waals surface area contributed by atoms with Gasteiger partial charge in [0, 0.05) is 12.0 Å². The summed E-state index contributed by atoms with van der Waals surface area (Å²) in [4.78, 5) is 36.3. The molecule has 4 N–H and O–H groups in total. The SMILES string of the molecule is C[C@@](O)(C(=O)Nc1ccc(C(=O)N[C@@H](Cc2ccc(-c3ccccc3)cc2)C(=O)O)cc1Cl)C(F)(F)F. The third-order valence-electron chi connectivity index (χ3n) is 5.58. The summed E-state index contributed by atoms with van der Waals surface area (Å²) in [5.41, 5.74) is -1.42. The summed E-state index contributed by atoms with van der Waals surface area (Å²) in [5, 5.41) is 23.0. The monoisotopic (exact) mass is 534 g/mol. The van der Waals surface area contributed by atoms with Crippen LogP contribution in [0.25, 0.3) is 11.1 Å². The van der Waals surface area contributed by atoms with E-state index in [-0.39, 0.29) is 22.7 Å². The molecule has 37 heavy (non-hydrogen) atoms. The molecule has 0 saturated heterocycles. The standard InChI is InChI=1S/C26H22ClF3N2O5/c1-25(37,26(28,29)30)24(36)32-20-12-11-18(14-19(20)27)22(33)31-21(23(34)35)13-15-7-9-17(10-8-15)16-5-3-2-4-6-16/h2-12,14,21,37H,13H2,1H3,(H,31,33)(H,32,36)(H,34,35)/t21-,25+/m0/s1. The van der Waals surface area contributed by atoms with Gasteiger partial charge in [-0.1, -0.05) is 66.2 Å². The molecule has 0 spiro atoms. The van der Waals surface area contributed by atoms with Crippen molar-refractivity contribution in [2.24, 2.45) is 0 Å². The first-order chi connectivity index (χ1) is 17.3. The van der Waals surface area contributed by atoms with E-state index in [1.807, 2.05) is 47.8 Å². The van der Waals surface area contributed by atoms with Gasteiger partial charge in [-0.25, -0.2) is 4.79 Å². The molecule has 2 atom stereocenters. The molecule has 0 aromatic heterocycles. The lowest BCUT2D eigenvalue weighted by atomic mass is 10.0. The Hall–Kier alpha value is -3.89. The van der Waals surface area contributed by atoms with Crippen molar-refractivity contribution >= 4 is 35.1 Å². The molecular weight excluding hydrogens is 513 g/mol. The molecular formula is C26H22ClF3N2O5. The molecule has 0 radical (unpaired) electrons. The van der Waals surface area contributed by atoms with Crippen molar-refractivity contribution in [3.05, 3.63) is 88.9 Å². The molecule has 2 amide bonds. The van der Waals surface area contributed by atoms with Gasteiger partial charge in [0.1, 0.15) is 6.04 Å². The number of aliphatic hydroxyl groups is 1. The second-order valence-corrected chi connectivity index (χ2v) is 8.76. The van der Waals surface area contributed by atoms with Gasteiger partial charge < -0.3 is 20.8 Å². The van der Waals surface area contributed by atoms with Crippen LogP contribution in [0, 0.1) is 0 Å². The number of benzene rings is 3. The Labute approximate surface area is 214 Å². The second kappa shape index (κ2) is 11.0. The van der Waals surface area contributed by atoms with E-state index in [0.29, 0.717) is 12.5 Å². The molecule has 0 unspecified atom stereocenters. The number of carbonyl (C=O) groups is 3. The Balaban J connectivity index is 1.69. The fourth-order valence-corrected chi connectivity index (χ4v) is 3.50.